The number of benzene rings is 1. The van der Waals surface area contributed by atoms with Gasteiger partial charge in [-0.15, -0.1) is 0 Å². The molecule has 1 heterocycles. The van der Waals surface area contributed by atoms with E-state index in [-0.39, 0.29) is 5.46 Å². The summed E-state index contributed by atoms with van der Waals surface area (Å²) in [6, 6.07) is 3.01. The van der Waals surface area contributed by atoms with Crippen molar-refractivity contribution in [2.24, 2.45) is 0 Å². The molecule has 0 aliphatic carbocycles. The van der Waals surface area contributed by atoms with Crippen LogP contribution in [-0.2, 0) is 25.5 Å². The summed E-state index contributed by atoms with van der Waals surface area (Å²) in [6.45, 7) is 11.8. The molecule has 27 heavy (non-hydrogen) atoms. The molecule has 0 atom stereocenters. The summed E-state index contributed by atoms with van der Waals surface area (Å²) in [7, 11) is -5.39. The van der Waals surface area contributed by atoms with Crippen LogP contribution >= 0.6 is 0 Å². The number of nitrogens with one attached hydrogen (secondary N) is 1. The summed E-state index contributed by atoms with van der Waals surface area (Å²) < 4.78 is 79.6. The number of hydrogen-bond acceptors (Lipinski definition) is 4. The van der Waals surface area contributed by atoms with Crippen LogP contribution in [0.4, 0.5) is 13.2 Å². The largest absolute Gasteiger partial charge is 0.494 e. The molecule has 0 radical (unpaired) electrons. The van der Waals surface area contributed by atoms with Crippen LogP contribution in [0.15, 0.2) is 23.1 Å². The minimum absolute atomic E-state index is 0.107. The molecule has 1 aliphatic rings. The highest BCUT2D eigenvalue weighted by Crippen LogP contribution is 2.38. The van der Waals surface area contributed by atoms with Crippen molar-refractivity contribution in [2.45, 2.75) is 76.3 Å². The normalized spacial score (nSPS) is 20.1. The Balaban J connectivity index is 2.53. The Morgan fingerprint density at radius 3 is 1.89 bits per heavy atom. The van der Waals surface area contributed by atoms with E-state index in [9.17, 15) is 21.6 Å². The SMILES string of the molecule is CC(C)(C)NS(=O)(=O)c1ccc(B2OC(C)(C)C(C)(C)O2)cc1C(F)(F)F. The minimum atomic E-state index is -4.86. The van der Waals surface area contributed by atoms with Crippen molar-refractivity contribution in [3.8, 4) is 0 Å². The van der Waals surface area contributed by atoms with Crippen LogP contribution in [0, 0.1) is 0 Å². The van der Waals surface area contributed by atoms with Crippen LogP contribution in [0.2, 0.25) is 0 Å². The zero-order valence-corrected chi connectivity index (χ0v) is 17.3. The van der Waals surface area contributed by atoms with E-state index >= 15 is 0 Å². The Hall–Kier alpha value is -1.10. The average molecular weight is 407 g/mol. The quantitative estimate of drug-likeness (QED) is 0.783. The maximum absolute atomic E-state index is 13.6. The first-order valence-corrected chi connectivity index (χ1v) is 9.95. The van der Waals surface area contributed by atoms with Crippen molar-refractivity contribution < 1.29 is 30.9 Å². The van der Waals surface area contributed by atoms with E-state index < -0.39 is 50.5 Å². The molecule has 0 unspecified atom stereocenters. The Bertz CT molecular complexity index is 814. The van der Waals surface area contributed by atoms with Crippen molar-refractivity contribution >= 4 is 22.6 Å². The molecule has 0 saturated carbocycles. The highest BCUT2D eigenvalue weighted by Gasteiger charge is 2.52. The van der Waals surface area contributed by atoms with Crippen LogP contribution in [0.3, 0.4) is 0 Å². The zero-order chi connectivity index (χ0) is 21.1. The molecule has 1 aromatic carbocycles. The summed E-state index contributed by atoms with van der Waals surface area (Å²) in [6.07, 6.45) is -4.86. The average Bonchev–Trinajstić information content (AvgIpc) is 2.63. The monoisotopic (exact) mass is 407 g/mol. The minimum Gasteiger partial charge on any atom is -0.399 e. The second-order valence-electron chi connectivity index (χ2n) is 8.70. The third kappa shape index (κ3) is 4.67. The second kappa shape index (κ2) is 6.47. The van der Waals surface area contributed by atoms with Gasteiger partial charge in [0.15, 0.2) is 0 Å². The van der Waals surface area contributed by atoms with Gasteiger partial charge in [-0.05, 0) is 66.1 Å². The number of sulfonamides is 1. The van der Waals surface area contributed by atoms with E-state index in [1.54, 1.807) is 48.5 Å². The number of hydrogen-bond donors (Lipinski definition) is 1. The summed E-state index contributed by atoms with van der Waals surface area (Å²) in [5, 5.41) is 0. The molecule has 0 spiro atoms. The molecule has 0 amide bonds. The van der Waals surface area contributed by atoms with E-state index in [0.717, 1.165) is 12.1 Å². The topological polar surface area (TPSA) is 64.6 Å². The third-order valence-electron chi connectivity index (χ3n) is 4.56. The standard InChI is InChI=1S/C17H25BF3NO4S/c1-14(2,3)22-27(23,24)13-9-8-11(10-12(13)17(19,20)21)18-25-15(4,5)16(6,7)26-18/h8-10,22H,1-7H3. The highest BCUT2D eigenvalue weighted by atomic mass is 32.2. The Morgan fingerprint density at radius 2 is 1.48 bits per heavy atom. The lowest BCUT2D eigenvalue weighted by Crippen LogP contribution is -2.42. The number of alkyl halides is 3. The van der Waals surface area contributed by atoms with E-state index in [1.807, 2.05) is 0 Å². The molecular weight excluding hydrogens is 382 g/mol. The lowest BCUT2D eigenvalue weighted by atomic mass is 9.78. The van der Waals surface area contributed by atoms with Crippen molar-refractivity contribution in [1.29, 1.82) is 0 Å². The van der Waals surface area contributed by atoms with Crippen LogP contribution < -0.4 is 10.2 Å². The summed E-state index contributed by atoms with van der Waals surface area (Å²) in [5.41, 5.74) is -3.53. The highest BCUT2D eigenvalue weighted by molar-refractivity contribution is 7.89. The first-order chi connectivity index (χ1) is 11.9. The molecular formula is C17H25BF3NO4S. The fourth-order valence-corrected chi connectivity index (χ4v) is 4.21. The van der Waals surface area contributed by atoms with Gasteiger partial charge in [-0.25, -0.2) is 13.1 Å². The van der Waals surface area contributed by atoms with Crippen LogP contribution in [0.25, 0.3) is 0 Å². The second-order valence-corrected chi connectivity index (χ2v) is 10.3. The molecule has 0 bridgehead atoms. The van der Waals surface area contributed by atoms with Gasteiger partial charge in [0.25, 0.3) is 0 Å². The predicted octanol–water partition coefficient (Wildman–Crippen LogP) is 3.08. The molecule has 152 valence electrons. The van der Waals surface area contributed by atoms with E-state index in [1.165, 1.54) is 6.07 Å². The van der Waals surface area contributed by atoms with Crippen molar-refractivity contribution in [3.05, 3.63) is 23.8 Å². The first-order valence-electron chi connectivity index (χ1n) is 8.46. The van der Waals surface area contributed by atoms with Crippen LogP contribution in [0.1, 0.15) is 54.0 Å². The van der Waals surface area contributed by atoms with Crippen LogP contribution in [0.5, 0.6) is 0 Å². The van der Waals surface area contributed by atoms with Crippen molar-refractivity contribution in [1.82, 2.24) is 4.72 Å². The Morgan fingerprint density at radius 1 is 1.00 bits per heavy atom. The predicted molar refractivity (Wildman–Crippen MR) is 97.2 cm³/mol. The van der Waals surface area contributed by atoms with Gasteiger partial charge in [-0.2, -0.15) is 13.2 Å². The summed E-state index contributed by atoms with van der Waals surface area (Å²) in [5.74, 6) is 0. The van der Waals surface area contributed by atoms with Gasteiger partial charge >= 0.3 is 13.3 Å². The zero-order valence-electron chi connectivity index (χ0n) is 16.5. The van der Waals surface area contributed by atoms with Crippen molar-refractivity contribution in [2.75, 3.05) is 0 Å². The molecule has 1 saturated heterocycles. The molecule has 0 aromatic heterocycles. The fraction of sp³-hybridized carbons (Fsp3) is 0.647. The maximum atomic E-state index is 13.6. The molecule has 1 fully saturated rings. The van der Waals surface area contributed by atoms with Gasteiger partial charge in [-0.3, -0.25) is 0 Å². The van der Waals surface area contributed by atoms with Gasteiger partial charge in [-0.1, -0.05) is 6.07 Å². The molecule has 5 nitrogen and oxygen atoms in total. The Kier molecular flexibility index (Phi) is 5.32. The van der Waals surface area contributed by atoms with Gasteiger partial charge in [0.05, 0.1) is 21.7 Å². The van der Waals surface area contributed by atoms with E-state index in [2.05, 4.69) is 4.72 Å². The number of rotatable bonds is 3. The van der Waals surface area contributed by atoms with Gasteiger partial charge in [0.1, 0.15) is 0 Å². The van der Waals surface area contributed by atoms with Gasteiger partial charge in [0.2, 0.25) is 10.0 Å². The first kappa shape index (κ1) is 22.2. The molecule has 1 aromatic rings. The lowest BCUT2D eigenvalue weighted by Gasteiger charge is -2.32. The number of halogens is 3. The molecule has 2 rings (SSSR count). The maximum Gasteiger partial charge on any atom is 0.494 e. The van der Waals surface area contributed by atoms with Gasteiger partial charge in [0, 0.05) is 5.54 Å². The fourth-order valence-electron chi connectivity index (χ4n) is 2.59. The van der Waals surface area contributed by atoms with E-state index in [0.29, 0.717) is 0 Å². The Labute approximate surface area is 158 Å². The summed E-state index contributed by atoms with van der Waals surface area (Å²) >= 11 is 0. The summed E-state index contributed by atoms with van der Waals surface area (Å²) in [4.78, 5) is -0.829. The van der Waals surface area contributed by atoms with Gasteiger partial charge < -0.3 is 9.31 Å². The van der Waals surface area contributed by atoms with Crippen molar-refractivity contribution in [3.63, 3.8) is 0 Å². The third-order valence-corrected chi connectivity index (χ3v) is 6.38. The smallest absolute Gasteiger partial charge is 0.399 e. The molecule has 1 aliphatic heterocycles. The lowest BCUT2D eigenvalue weighted by molar-refractivity contribution is -0.139. The van der Waals surface area contributed by atoms with Crippen LogP contribution in [-0.4, -0.2) is 32.3 Å². The molecule has 10 heteroatoms. The molecule has 1 N–H and O–H groups in total. The van der Waals surface area contributed by atoms with E-state index in [4.69, 9.17) is 9.31 Å².